The summed E-state index contributed by atoms with van der Waals surface area (Å²) in [4.78, 5) is 0. The van der Waals surface area contributed by atoms with Gasteiger partial charge < -0.3 is 4.57 Å². The second kappa shape index (κ2) is 6.60. The van der Waals surface area contributed by atoms with Gasteiger partial charge in [-0.15, -0.1) is 10.2 Å². The average Bonchev–Trinajstić information content (AvgIpc) is 3.36. The number of para-hydroxylation sites is 1. The van der Waals surface area contributed by atoms with Gasteiger partial charge in [-0.3, -0.25) is 0 Å². The van der Waals surface area contributed by atoms with Crippen LogP contribution in [-0.2, 0) is 6.54 Å². The molecule has 0 spiro atoms. The van der Waals surface area contributed by atoms with E-state index in [2.05, 4.69) is 106 Å². The first-order valence-electron chi connectivity index (χ1n) is 9.54. The van der Waals surface area contributed by atoms with Gasteiger partial charge in [0, 0.05) is 33.9 Å². The first-order chi connectivity index (χ1) is 13.7. The highest BCUT2D eigenvalue weighted by Crippen LogP contribution is 2.32. The SMILES string of the molecule is CC(C)c1ccc(Cn2c3ccccc3c3cc(-c4nn[nH]n4)ccc32)cc1. The zero-order valence-corrected chi connectivity index (χ0v) is 15.9. The molecule has 5 rings (SSSR count). The molecule has 2 aromatic heterocycles. The van der Waals surface area contributed by atoms with Crippen molar-refractivity contribution in [2.24, 2.45) is 0 Å². The lowest BCUT2D eigenvalue weighted by Crippen LogP contribution is -2.00. The predicted molar refractivity (Wildman–Crippen MR) is 112 cm³/mol. The Kier molecular flexibility index (Phi) is 3.93. The van der Waals surface area contributed by atoms with Gasteiger partial charge in [-0.2, -0.15) is 5.21 Å². The summed E-state index contributed by atoms with van der Waals surface area (Å²) in [7, 11) is 0. The van der Waals surface area contributed by atoms with Crippen LogP contribution in [0.25, 0.3) is 33.2 Å². The maximum atomic E-state index is 4.12. The van der Waals surface area contributed by atoms with E-state index in [-0.39, 0.29) is 0 Å². The number of benzene rings is 3. The Bertz CT molecular complexity index is 1250. The van der Waals surface area contributed by atoms with E-state index in [1.165, 1.54) is 32.9 Å². The van der Waals surface area contributed by atoms with Crippen LogP contribution in [0.2, 0.25) is 0 Å². The summed E-state index contributed by atoms with van der Waals surface area (Å²) in [5.74, 6) is 1.16. The van der Waals surface area contributed by atoms with Crippen molar-refractivity contribution in [3.63, 3.8) is 0 Å². The van der Waals surface area contributed by atoms with E-state index in [4.69, 9.17) is 0 Å². The molecule has 0 amide bonds. The van der Waals surface area contributed by atoms with Crippen LogP contribution in [0.3, 0.4) is 0 Å². The smallest absolute Gasteiger partial charge is 0.204 e. The van der Waals surface area contributed by atoms with Crippen LogP contribution in [0, 0.1) is 0 Å². The summed E-state index contributed by atoms with van der Waals surface area (Å²) in [6.07, 6.45) is 0. The Morgan fingerprint density at radius 3 is 2.43 bits per heavy atom. The lowest BCUT2D eigenvalue weighted by Gasteiger charge is -2.10. The largest absolute Gasteiger partial charge is 0.336 e. The van der Waals surface area contributed by atoms with Crippen molar-refractivity contribution >= 4 is 21.8 Å². The number of hydrogen-bond acceptors (Lipinski definition) is 3. The highest BCUT2D eigenvalue weighted by molar-refractivity contribution is 6.09. The van der Waals surface area contributed by atoms with Crippen LogP contribution in [-0.4, -0.2) is 25.2 Å². The number of fused-ring (bicyclic) bond motifs is 3. The molecule has 0 saturated heterocycles. The van der Waals surface area contributed by atoms with Gasteiger partial charge in [0.2, 0.25) is 5.82 Å². The minimum absolute atomic E-state index is 0.547. The number of nitrogens with zero attached hydrogens (tertiary/aromatic N) is 4. The molecular weight excluding hydrogens is 346 g/mol. The van der Waals surface area contributed by atoms with Crippen LogP contribution in [0.15, 0.2) is 66.7 Å². The van der Waals surface area contributed by atoms with Gasteiger partial charge >= 0.3 is 0 Å². The average molecular weight is 367 g/mol. The molecule has 0 unspecified atom stereocenters. The molecule has 0 aliphatic rings. The van der Waals surface area contributed by atoms with Crippen LogP contribution < -0.4 is 0 Å². The van der Waals surface area contributed by atoms with Crippen molar-refractivity contribution in [2.75, 3.05) is 0 Å². The van der Waals surface area contributed by atoms with Crippen LogP contribution in [0.5, 0.6) is 0 Å². The Morgan fingerprint density at radius 1 is 0.893 bits per heavy atom. The van der Waals surface area contributed by atoms with Gasteiger partial charge in [-0.1, -0.05) is 56.3 Å². The third-order valence-corrected chi connectivity index (χ3v) is 5.36. The molecule has 0 saturated carbocycles. The molecule has 5 heteroatoms. The molecule has 2 heterocycles. The van der Waals surface area contributed by atoms with Gasteiger partial charge in [-0.25, -0.2) is 0 Å². The number of aromatic amines is 1. The van der Waals surface area contributed by atoms with E-state index in [1.54, 1.807) is 0 Å². The molecular formula is C23H21N5. The number of aromatic nitrogens is 5. The molecule has 5 nitrogen and oxygen atoms in total. The number of hydrogen-bond donors (Lipinski definition) is 1. The lowest BCUT2D eigenvalue weighted by molar-refractivity contribution is 0.849. The monoisotopic (exact) mass is 367 g/mol. The maximum absolute atomic E-state index is 4.12. The zero-order valence-electron chi connectivity index (χ0n) is 15.9. The molecule has 0 radical (unpaired) electrons. The molecule has 138 valence electrons. The van der Waals surface area contributed by atoms with Crippen molar-refractivity contribution in [1.82, 2.24) is 25.2 Å². The molecule has 0 fully saturated rings. The topological polar surface area (TPSA) is 59.4 Å². The Balaban J connectivity index is 1.65. The normalized spacial score (nSPS) is 11.7. The fourth-order valence-corrected chi connectivity index (χ4v) is 3.84. The summed E-state index contributed by atoms with van der Waals surface area (Å²) >= 11 is 0. The Labute approximate surface area is 163 Å². The third-order valence-electron chi connectivity index (χ3n) is 5.36. The van der Waals surface area contributed by atoms with Gasteiger partial charge in [0.05, 0.1) is 0 Å². The van der Waals surface area contributed by atoms with E-state index in [1.807, 2.05) is 0 Å². The van der Waals surface area contributed by atoms with Crippen molar-refractivity contribution in [3.8, 4) is 11.4 Å². The molecule has 1 N–H and O–H groups in total. The van der Waals surface area contributed by atoms with E-state index >= 15 is 0 Å². The van der Waals surface area contributed by atoms with E-state index < -0.39 is 0 Å². The summed E-state index contributed by atoms with van der Waals surface area (Å²) < 4.78 is 2.38. The number of H-pyrrole nitrogens is 1. The highest BCUT2D eigenvalue weighted by atomic mass is 15.5. The number of rotatable bonds is 4. The van der Waals surface area contributed by atoms with Gasteiger partial charge in [0.15, 0.2) is 0 Å². The molecule has 5 aromatic rings. The first kappa shape index (κ1) is 16.7. The fourth-order valence-electron chi connectivity index (χ4n) is 3.84. The van der Waals surface area contributed by atoms with Gasteiger partial charge in [-0.05, 0) is 46.5 Å². The Morgan fingerprint density at radius 2 is 1.68 bits per heavy atom. The van der Waals surface area contributed by atoms with Crippen molar-refractivity contribution in [1.29, 1.82) is 0 Å². The van der Waals surface area contributed by atoms with Crippen molar-refractivity contribution in [3.05, 3.63) is 77.9 Å². The quantitative estimate of drug-likeness (QED) is 0.478. The molecule has 3 aromatic carbocycles. The van der Waals surface area contributed by atoms with E-state index in [0.717, 1.165) is 12.1 Å². The van der Waals surface area contributed by atoms with Crippen molar-refractivity contribution < 1.29 is 0 Å². The first-order valence-corrected chi connectivity index (χ1v) is 9.54. The lowest BCUT2D eigenvalue weighted by atomic mass is 10.0. The number of nitrogens with one attached hydrogen (secondary N) is 1. The van der Waals surface area contributed by atoms with Crippen LogP contribution >= 0.6 is 0 Å². The van der Waals surface area contributed by atoms with Crippen LogP contribution in [0.1, 0.15) is 30.9 Å². The fraction of sp³-hybridized carbons (Fsp3) is 0.174. The second-order valence-electron chi connectivity index (χ2n) is 7.47. The second-order valence-corrected chi connectivity index (χ2v) is 7.47. The van der Waals surface area contributed by atoms with Gasteiger partial charge in [0.25, 0.3) is 0 Å². The molecule has 0 aliphatic carbocycles. The van der Waals surface area contributed by atoms with Crippen molar-refractivity contribution in [2.45, 2.75) is 26.3 Å². The third kappa shape index (κ3) is 2.76. The minimum Gasteiger partial charge on any atom is -0.336 e. The Hall–Kier alpha value is -3.47. The summed E-state index contributed by atoms with van der Waals surface area (Å²) in [5, 5.41) is 16.9. The van der Waals surface area contributed by atoms with E-state index in [9.17, 15) is 0 Å². The number of tetrazole rings is 1. The standard InChI is InChI=1S/C23H21N5/c1-15(2)17-9-7-16(8-10-17)14-28-21-6-4-3-5-19(21)20-13-18(11-12-22(20)28)23-24-26-27-25-23/h3-13,15H,14H2,1-2H3,(H,24,25,26,27). The molecule has 28 heavy (non-hydrogen) atoms. The van der Waals surface area contributed by atoms with Crippen LogP contribution in [0.4, 0.5) is 0 Å². The van der Waals surface area contributed by atoms with E-state index in [0.29, 0.717) is 11.7 Å². The maximum Gasteiger partial charge on any atom is 0.204 e. The molecule has 0 atom stereocenters. The summed E-state index contributed by atoms with van der Waals surface area (Å²) in [6, 6.07) is 23.9. The minimum atomic E-state index is 0.547. The van der Waals surface area contributed by atoms with Gasteiger partial charge in [0.1, 0.15) is 0 Å². The highest BCUT2D eigenvalue weighted by Gasteiger charge is 2.13. The predicted octanol–water partition coefficient (Wildman–Crippen LogP) is 5.15. The molecule has 0 bridgehead atoms. The zero-order chi connectivity index (χ0) is 19.1. The summed E-state index contributed by atoms with van der Waals surface area (Å²) in [5.41, 5.74) is 6.08. The molecule has 0 aliphatic heterocycles. The summed E-state index contributed by atoms with van der Waals surface area (Å²) in [6.45, 7) is 5.29.